The molecule has 1 amide bonds. The Labute approximate surface area is 136 Å². The van der Waals surface area contributed by atoms with Gasteiger partial charge in [-0.1, -0.05) is 6.07 Å². The number of nitrogens with zero attached hydrogens (tertiary/aromatic N) is 2. The fraction of sp³-hybridized carbons (Fsp3) is 0.588. The molecule has 1 fully saturated rings. The first kappa shape index (κ1) is 17.2. The molecule has 6 heteroatoms. The van der Waals surface area contributed by atoms with Gasteiger partial charge in [0, 0.05) is 18.7 Å². The van der Waals surface area contributed by atoms with Gasteiger partial charge in [0.1, 0.15) is 5.60 Å². The summed E-state index contributed by atoms with van der Waals surface area (Å²) < 4.78 is 5.46. The molecule has 1 saturated heterocycles. The van der Waals surface area contributed by atoms with E-state index >= 15 is 0 Å². The minimum atomic E-state index is -0.839. The fourth-order valence-corrected chi connectivity index (χ4v) is 2.67. The van der Waals surface area contributed by atoms with Crippen LogP contribution in [0, 0.1) is 0 Å². The van der Waals surface area contributed by atoms with Crippen molar-refractivity contribution in [2.75, 3.05) is 6.54 Å². The number of carbonyl (C=O) groups is 2. The number of aromatic nitrogens is 1. The van der Waals surface area contributed by atoms with E-state index in [4.69, 9.17) is 9.84 Å². The highest BCUT2D eigenvalue weighted by molar-refractivity contribution is 5.69. The number of pyridine rings is 1. The minimum Gasteiger partial charge on any atom is -0.481 e. The highest BCUT2D eigenvalue weighted by Crippen LogP contribution is 2.32. The summed E-state index contributed by atoms with van der Waals surface area (Å²) in [6.07, 6.45) is 1.87. The van der Waals surface area contributed by atoms with Gasteiger partial charge in [0.15, 0.2) is 0 Å². The quantitative estimate of drug-likeness (QED) is 0.921. The van der Waals surface area contributed by atoms with E-state index in [1.807, 2.05) is 39.0 Å². The van der Waals surface area contributed by atoms with Crippen LogP contribution in [-0.2, 0) is 16.0 Å². The van der Waals surface area contributed by atoms with Crippen molar-refractivity contribution in [2.45, 2.75) is 58.1 Å². The summed E-state index contributed by atoms with van der Waals surface area (Å²) in [6.45, 7) is 6.20. The SMILES string of the molecule is CC(C)(C)OC(=O)N1CCCC1c1cccc(CCC(=O)O)n1. The Morgan fingerprint density at radius 3 is 2.78 bits per heavy atom. The maximum absolute atomic E-state index is 12.3. The van der Waals surface area contributed by atoms with Crippen molar-refractivity contribution in [1.82, 2.24) is 9.88 Å². The highest BCUT2D eigenvalue weighted by atomic mass is 16.6. The molecule has 6 nitrogen and oxygen atoms in total. The van der Waals surface area contributed by atoms with E-state index < -0.39 is 11.6 Å². The fourth-order valence-electron chi connectivity index (χ4n) is 2.67. The first-order valence-electron chi connectivity index (χ1n) is 7.93. The van der Waals surface area contributed by atoms with Crippen molar-refractivity contribution in [3.63, 3.8) is 0 Å². The molecular formula is C17H24N2O4. The van der Waals surface area contributed by atoms with E-state index in [1.54, 1.807) is 4.90 Å². The molecular weight excluding hydrogens is 296 g/mol. The van der Waals surface area contributed by atoms with Crippen LogP contribution < -0.4 is 0 Å². The molecule has 0 radical (unpaired) electrons. The van der Waals surface area contributed by atoms with E-state index in [-0.39, 0.29) is 18.6 Å². The lowest BCUT2D eigenvalue weighted by Gasteiger charge is -2.28. The Kier molecular flexibility index (Phi) is 5.23. The van der Waals surface area contributed by atoms with Gasteiger partial charge < -0.3 is 9.84 Å². The Morgan fingerprint density at radius 1 is 1.39 bits per heavy atom. The predicted octanol–water partition coefficient (Wildman–Crippen LogP) is 3.17. The van der Waals surface area contributed by atoms with E-state index in [0.717, 1.165) is 24.2 Å². The Balaban J connectivity index is 2.11. The van der Waals surface area contributed by atoms with Gasteiger partial charge in [0.25, 0.3) is 0 Å². The number of aliphatic carboxylic acids is 1. The lowest BCUT2D eigenvalue weighted by Crippen LogP contribution is -2.36. The minimum absolute atomic E-state index is 0.0525. The third kappa shape index (κ3) is 4.94. The Bertz CT molecular complexity index is 580. The van der Waals surface area contributed by atoms with E-state index in [0.29, 0.717) is 13.0 Å². The summed E-state index contributed by atoms with van der Waals surface area (Å²) in [6, 6.07) is 5.47. The first-order chi connectivity index (χ1) is 10.8. The molecule has 0 saturated carbocycles. The summed E-state index contributed by atoms with van der Waals surface area (Å²) in [5.41, 5.74) is 1.01. The third-order valence-electron chi connectivity index (χ3n) is 3.65. The predicted molar refractivity (Wildman–Crippen MR) is 85.1 cm³/mol. The van der Waals surface area contributed by atoms with Crippen LogP contribution in [0.4, 0.5) is 4.79 Å². The van der Waals surface area contributed by atoms with Crippen LogP contribution >= 0.6 is 0 Å². The lowest BCUT2D eigenvalue weighted by atomic mass is 10.1. The van der Waals surface area contributed by atoms with Crippen molar-refractivity contribution < 1.29 is 19.4 Å². The number of likely N-dealkylation sites (tertiary alicyclic amines) is 1. The van der Waals surface area contributed by atoms with Gasteiger partial charge in [-0.25, -0.2) is 4.79 Å². The summed E-state index contributed by atoms with van der Waals surface area (Å²) in [5.74, 6) is -0.839. The van der Waals surface area contributed by atoms with E-state index in [1.165, 1.54) is 0 Å². The van der Waals surface area contributed by atoms with Gasteiger partial charge in [-0.05, 0) is 45.7 Å². The second kappa shape index (κ2) is 6.98. The topological polar surface area (TPSA) is 79.7 Å². The van der Waals surface area contributed by atoms with Crippen molar-refractivity contribution in [3.8, 4) is 0 Å². The molecule has 2 rings (SSSR count). The monoisotopic (exact) mass is 320 g/mol. The molecule has 1 atom stereocenters. The molecule has 1 aliphatic heterocycles. The van der Waals surface area contributed by atoms with Crippen LogP contribution in [0.5, 0.6) is 0 Å². The van der Waals surface area contributed by atoms with Crippen molar-refractivity contribution in [3.05, 3.63) is 29.6 Å². The number of hydrogen-bond donors (Lipinski definition) is 1. The number of carbonyl (C=O) groups excluding carboxylic acids is 1. The third-order valence-corrected chi connectivity index (χ3v) is 3.65. The van der Waals surface area contributed by atoms with Crippen LogP contribution in [0.15, 0.2) is 18.2 Å². The molecule has 1 aromatic rings. The average molecular weight is 320 g/mol. The molecule has 1 aliphatic rings. The molecule has 0 bridgehead atoms. The smallest absolute Gasteiger partial charge is 0.410 e. The first-order valence-corrected chi connectivity index (χ1v) is 7.93. The van der Waals surface area contributed by atoms with Crippen LogP contribution in [0.1, 0.15) is 57.5 Å². The maximum Gasteiger partial charge on any atom is 0.410 e. The van der Waals surface area contributed by atoms with Gasteiger partial charge >= 0.3 is 12.1 Å². The number of aryl methyl sites for hydroxylation is 1. The summed E-state index contributed by atoms with van der Waals surface area (Å²) in [4.78, 5) is 29.3. The molecule has 1 unspecified atom stereocenters. The number of carboxylic acid groups (broad SMARTS) is 1. The van der Waals surface area contributed by atoms with Crippen LogP contribution in [0.2, 0.25) is 0 Å². The molecule has 0 aliphatic carbocycles. The number of ether oxygens (including phenoxy) is 1. The molecule has 0 aromatic carbocycles. The zero-order valence-electron chi connectivity index (χ0n) is 13.9. The van der Waals surface area contributed by atoms with Crippen molar-refractivity contribution >= 4 is 12.1 Å². The van der Waals surface area contributed by atoms with Gasteiger partial charge in [-0.2, -0.15) is 0 Å². The summed E-state index contributed by atoms with van der Waals surface area (Å²) >= 11 is 0. The van der Waals surface area contributed by atoms with Crippen LogP contribution in [0.3, 0.4) is 0 Å². The highest BCUT2D eigenvalue weighted by Gasteiger charge is 2.33. The number of carboxylic acids is 1. The molecule has 0 spiro atoms. The average Bonchev–Trinajstić information content (AvgIpc) is 2.93. The number of hydrogen-bond acceptors (Lipinski definition) is 4. The second-order valence-electron chi connectivity index (χ2n) is 6.78. The molecule has 2 heterocycles. The number of amides is 1. The Hall–Kier alpha value is -2.11. The normalized spacial score (nSPS) is 18.0. The van der Waals surface area contributed by atoms with Crippen LogP contribution in [0.25, 0.3) is 0 Å². The second-order valence-corrected chi connectivity index (χ2v) is 6.78. The summed E-state index contributed by atoms with van der Waals surface area (Å²) in [5, 5.41) is 8.78. The van der Waals surface area contributed by atoms with Gasteiger partial charge in [0.05, 0.1) is 18.2 Å². The zero-order valence-corrected chi connectivity index (χ0v) is 13.9. The van der Waals surface area contributed by atoms with Gasteiger partial charge in [-0.3, -0.25) is 14.7 Å². The molecule has 23 heavy (non-hydrogen) atoms. The molecule has 1 N–H and O–H groups in total. The lowest BCUT2D eigenvalue weighted by molar-refractivity contribution is -0.136. The van der Waals surface area contributed by atoms with E-state index in [9.17, 15) is 9.59 Å². The van der Waals surface area contributed by atoms with Crippen molar-refractivity contribution in [2.24, 2.45) is 0 Å². The zero-order chi connectivity index (χ0) is 17.0. The van der Waals surface area contributed by atoms with E-state index in [2.05, 4.69) is 4.98 Å². The Morgan fingerprint density at radius 2 is 2.13 bits per heavy atom. The van der Waals surface area contributed by atoms with Gasteiger partial charge in [-0.15, -0.1) is 0 Å². The molecule has 1 aromatic heterocycles. The largest absolute Gasteiger partial charge is 0.481 e. The maximum atomic E-state index is 12.3. The number of rotatable bonds is 4. The summed E-state index contributed by atoms with van der Waals surface area (Å²) in [7, 11) is 0. The van der Waals surface area contributed by atoms with Gasteiger partial charge in [0.2, 0.25) is 0 Å². The van der Waals surface area contributed by atoms with Crippen LogP contribution in [-0.4, -0.2) is 39.2 Å². The molecule has 126 valence electrons. The van der Waals surface area contributed by atoms with Crippen molar-refractivity contribution in [1.29, 1.82) is 0 Å². The standard InChI is InChI=1S/C17H24N2O4/c1-17(2,3)23-16(22)19-11-5-8-14(19)13-7-4-6-12(18-13)9-10-15(20)21/h4,6-7,14H,5,8-11H2,1-3H3,(H,20,21).